The Bertz CT molecular complexity index is 742. The number of carbonyl (C=O) groups is 1. The van der Waals surface area contributed by atoms with Crippen LogP contribution in [-0.4, -0.2) is 17.7 Å². The van der Waals surface area contributed by atoms with Crippen molar-refractivity contribution >= 4 is 5.97 Å². The van der Waals surface area contributed by atoms with Crippen molar-refractivity contribution in [3.8, 4) is 5.75 Å². The predicted molar refractivity (Wildman–Crippen MR) is 106 cm³/mol. The Kier molecular flexibility index (Phi) is 7.57. The molecule has 3 nitrogen and oxygen atoms in total. The monoisotopic (exact) mass is 356 g/mol. The maximum Gasteiger partial charge on any atom is 0.339 e. The van der Waals surface area contributed by atoms with Crippen LogP contribution in [0.25, 0.3) is 0 Å². The van der Waals surface area contributed by atoms with Crippen LogP contribution in [0.3, 0.4) is 0 Å². The second-order valence-electron chi connectivity index (χ2n) is 6.70. The number of carboxylic acids is 1. The van der Waals surface area contributed by atoms with E-state index in [0.717, 1.165) is 24.0 Å². The fraction of sp³-hybridized carbons (Fsp3) is 0.435. The van der Waals surface area contributed by atoms with Crippen LogP contribution >= 0.6 is 0 Å². The maximum atomic E-state index is 11.7. The van der Waals surface area contributed by atoms with Gasteiger partial charge in [0.25, 0.3) is 0 Å². The van der Waals surface area contributed by atoms with Gasteiger partial charge in [-0.3, -0.25) is 0 Å². The van der Waals surface area contributed by atoms with Crippen molar-refractivity contribution in [3.05, 3.63) is 65.2 Å². The van der Waals surface area contributed by atoms with E-state index >= 15 is 0 Å². The molecule has 0 aliphatic heterocycles. The number of hydrogen-bond acceptors (Lipinski definition) is 2. The van der Waals surface area contributed by atoms with Crippen LogP contribution < -0.4 is 4.74 Å². The first-order valence-electron chi connectivity index (χ1n) is 10.1. The van der Waals surface area contributed by atoms with Gasteiger partial charge >= 0.3 is 5.97 Å². The van der Waals surface area contributed by atoms with Crippen LogP contribution in [0.5, 0.6) is 5.75 Å². The van der Waals surface area contributed by atoms with Gasteiger partial charge in [0.2, 0.25) is 0 Å². The van der Waals surface area contributed by atoms with Crippen LogP contribution in [0.4, 0.5) is 0 Å². The molecule has 1 unspecified atom stereocenters. The van der Waals surface area contributed by atoms with E-state index in [2.05, 4.69) is 6.92 Å². The topological polar surface area (TPSA) is 46.5 Å². The van der Waals surface area contributed by atoms with Crippen molar-refractivity contribution in [1.82, 2.24) is 0 Å². The fourth-order valence-corrected chi connectivity index (χ4v) is 3.14. The first kappa shape index (κ1) is 18.5. The molecule has 0 aliphatic carbocycles. The molecule has 0 spiro atoms. The average molecular weight is 356 g/mol. The Morgan fingerprint density at radius 2 is 1.85 bits per heavy atom. The van der Waals surface area contributed by atoms with Crippen LogP contribution in [0.1, 0.15) is 81.1 Å². The fourth-order valence-electron chi connectivity index (χ4n) is 3.14. The van der Waals surface area contributed by atoms with E-state index in [9.17, 15) is 9.90 Å². The van der Waals surface area contributed by atoms with Crippen molar-refractivity contribution in [1.29, 1.82) is 0 Å². The molecular weight excluding hydrogens is 324 g/mol. The summed E-state index contributed by atoms with van der Waals surface area (Å²) in [6, 6.07) is 13.1. The minimum Gasteiger partial charge on any atom is -0.492 e. The van der Waals surface area contributed by atoms with Crippen LogP contribution in [0.15, 0.2) is 48.5 Å². The quantitative estimate of drug-likeness (QED) is 0.482. The Morgan fingerprint density at radius 1 is 1.08 bits per heavy atom. The summed E-state index contributed by atoms with van der Waals surface area (Å²) in [5.74, 6) is -0.563. The van der Waals surface area contributed by atoms with Gasteiger partial charge < -0.3 is 9.84 Å². The van der Waals surface area contributed by atoms with Gasteiger partial charge in [0.1, 0.15) is 11.3 Å². The predicted octanol–water partition coefficient (Wildman–Crippen LogP) is 6.28. The Labute approximate surface area is 158 Å². The van der Waals surface area contributed by atoms with Gasteiger partial charge in [-0.05, 0) is 18.1 Å². The minimum atomic E-state index is -0.976. The van der Waals surface area contributed by atoms with E-state index in [1.807, 2.05) is 31.2 Å². The first-order chi connectivity index (χ1) is 13.0. The molecule has 0 saturated heterocycles. The zero-order valence-electron chi connectivity index (χ0n) is 16.8. The second-order valence-corrected chi connectivity index (χ2v) is 6.70. The van der Waals surface area contributed by atoms with Gasteiger partial charge in [0, 0.05) is 11.5 Å². The molecule has 0 heterocycles. The highest BCUT2D eigenvalue weighted by Crippen LogP contribution is 2.34. The molecule has 2 aromatic carbocycles. The minimum absolute atomic E-state index is 0.0471. The molecule has 140 valence electrons. The van der Waals surface area contributed by atoms with E-state index < -0.39 is 5.97 Å². The number of benzene rings is 2. The zero-order valence-corrected chi connectivity index (χ0v) is 15.8. The summed E-state index contributed by atoms with van der Waals surface area (Å²) >= 11 is 0. The summed E-state index contributed by atoms with van der Waals surface area (Å²) in [6.45, 7) is 4.74. The van der Waals surface area contributed by atoms with Gasteiger partial charge in [0.05, 0.1) is 7.98 Å². The highest BCUT2D eigenvalue weighted by molar-refractivity contribution is 5.91. The average Bonchev–Trinajstić information content (AvgIpc) is 2.66. The lowest BCUT2D eigenvalue weighted by Crippen LogP contribution is -2.09. The Balaban J connectivity index is 2.15. The highest BCUT2D eigenvalue weighted by atomic mass is 16.5. The normalized spacial score (nSPS) is 12.5. The highest BCUT2D eigenvalue weighted by Gasteiger charge is 2.20. The number of unbranched alkanes of at least 4 members (excludes halogenated alkanes) is 5. The molecule has 0 amide bonds. The van der Waals surface area contributed by atoms with E-state index in [-0.39, 0.29) is 11.5 Å². The smallest absolute Gasteiger partial charge is 0.339 e. The van der Waals surface area contributed by atoms with Crippen LogP contribution in [0, 0.1) is 0 Å². The molecule has 0 aromatic heterocycles. The summed E-state index contributed by atoms with van der Waals surface area (Å²) in [7, 11) is 0. The Morgan fingerprint density at radius 3 is 2.58 bits per heavy atom. The van der Waals surface area contributed by atoms with Crippen molar-refractivity contribution in [2.75, 3.05) is 6.61 Å². The SMILES string of the molecule is [3H]c1cccc(C(C)c2cccc(C(=O)O)c2OCCCCCCCC)c1. The maximum absolute atomic E-state index is 11.7. The van der Waals surface area contributed by atoms with Gasteiger partial charge in [-0.15, -0.1) is 0 Å². The molecule has 1 N–H and O–H groups in total. The van der Waals surface area contributed by atoms with E-state index in [0.29, 0.717) is 18.4 Å². The molecule has 3 heteroatoms. The van der Waals surface area contributed by atoms with Crippen molar-refractivity contribution < 1.29 is 16.0 Å². The number of hydrogen-bond donors (Lipinski definition) is 1. The zero-order chi connectivity index (χ0) is 19.6. The summed E-state index contributed by atoms with van der Waals surface area (Å²) in [5, 5.41) is 9.58. The summed E-state index contributed by atoms with van der Waals surface area (Å²) in [5.41, 5.74) is 2.04. The molecule has 0 bridgehead atoms. The molecule has 0 radical (unpaired) electrons. The molecule has 2 rings (SSSR count). The van der Waals surface area contributed by atoms with E-state index in [4.69, 9.17) is 6.11 Å². The molecule has 0 fully saturated rings. The van der Waals surface area contributed by atoms with Crippen LogP contribution in [0.2, 0.25) is 0 Å². The number of carboxylic acid groups (broad SMARTS) is 1. The lowest BCUT2D eigenvalue weighted by atomic mass is 9.91. The molecule has 2 aromatic rings. The number of ether oxygens (including phenoxy) is 1. The molecular formula is C23H30O3. The van der Waals surface area contributed by atoms with E-state index in [1.54, 1.807) is 18.2 Å². The third-order valence-corrected chi connectivity index (χ3v) is 4.72. The Hall–Kier alpha value is -2.29. The van der Waals surface area contributed by atoms with Gasteiger partial charge in [0.15, 0.2) is 0 Å². The summed E-state index contributed by atoms with van der Waals surface area (Å²) < 4.78 is 13.8. The third kappa shape index (κ3) is 5.62. The lowest BCUT2D eigenvalue weighted by molar-refractivity contribution is 0.0692. The number of para-hydroxylation sites is 1. The van der Waals surface area contributed by atoms with Crippen LogP contribution in [-0.2, 0) is 0 Å². The molecule has 0 saturated carbocycles. The van der Waals surface area contributed by atoms with E-state index in [1.165, 1.54) is 25.7 Å². The number of aromatic carboxylic acids is 1. The van der Waals surface area contributed by atoms with Gasteiger partial charge in [-0.25, -0.2) is 4.79 Å². The third-order valence-electron chi connectivity index (χ3n) is 4.72. The molecule has 0 aliphatic rings. The van der Waals surface area contributed by atoms with Gasteiger partial charge in [-0.2, -0.15) is 0 Å². The molecule has 26 heavy (non-hydrogen) atoms. The van der Waals surface area contributed by atoms with Gasteiger partial charge in [-0.1, -0.05) is 88.4 Å². The number of rotatable bonds is 11. The lowest BCUT2D eigenvalue weighted by Gasteiger charge is -2.19. The second kappa shape index (κ2) is 10.6. The standard InChI is InChI=1S/C23H30O3/c1-3-4-5-6-7-11-17-26-22-20(15-12-16-21(22)23(24)25)18(2)19-13-9-8-10-14-19/h8-10,12-16,18H,3-7,11,17H2,1-2H3,(H,24,25)/i9T. The molecule has 1 atom stereocenters. The van der Waals surface area contributed by atoms with Crippen molar-refractivity contribution in [2.45, 2.75) is 58.3 Å². The first-order valence-corrected chi connectivity index (χ1v) is 9.60. The summed E-state index contributed by atoms with van der Waals surface area (Å²) in [6.07, 6.45) is 6.95. The summed E-state index contributed by atoms with van der Waals surface area (Å²) in [4.78, 5) is 11.7. The van der Waals surface area contributed by atoms with Crippen molar-refractivity contribution in [3.63, 3.8) is 0 Å². The van der Waals surface area contributed by atoms with Crippen molar-refractivity contribution in [2.24, 2.45) is 0 Å². The largest absolute Gasteiger partial charge is 0.492 e.